The summed E-state index contributed by atoms with van der Waals surface area (Å²) in [7, 11) is -3.91. The summed E-state index contributed by atoms with van der Waals surface area (Å²) in [6.07, 6.45) is 0. The highest BCUT2D eigenvalue weighted by atomic mass is 35.5. The van der Waals surface area contributed by atoms with Gasteiger partial charge in [0.2, 0.25) is 15.9 Å². The van der Waals surface area contributed by atoms with Crippen LogP contribution in [0.25, 0.3) is 11.5 Å². The zero-order valence-corrected chi connectivity index (χ0v) is 15.8. The number of aryl methyl sites for hydroxylation is 3. The molecule has 0 saturated carbocycles. The molecule has 2 N–H and O–H groups in total. The lowest BCUT2D eigenvalue weighted by molar-refractivity contribution is 0.530. The van der Waals surface area contributed by atoms with Gasteiger partial charge in [0.1, 0.15) is 10.7 Å². The van der Waals surface area contributed by atoms with Gasteiger partial charge in [0.15, 0.2) is 0 Å². The fourth-order valence-electron chi connectivity index (χ4n) is 2.65. The van der Waals surface area contributed by atoms with Gasteiger partial charge >= 0.3 is 0 Å². The summed E-state index contributed by atoms with van der Waals surface area (Å²) >= 11 is 5.73. The van der Waals surface area contributed by atoms with Crippen molar-refractivity contribution in [2.75, 3.05) is 0 Å². The van der Waals surface area contributed by atoms with Crippen LogP contribution in [0.4, 0.5) is 4.39 Å². The van der Waals surface area contributed by atoms with Crippen molar-refractivity contribution in [3.63, 3.8) is 0 Å². The number of hydrogen-bond acceptors (Lipinski definition) is 5. The first kappa shape index (κ1) is 18.6. The first-order valence-electron chi connectivity index (χ1n) is 7.62. The smallest absolute Gasteiger partial charge is 0.250 e. The van der Waals surface area contributed by atoms with Gasteiger partial charge in [-0.25, -0.2) is 17.5 Å². The molecule has 0 radical (unpaired) electrons. The molecule has 0 aliphatic heterocycles. The molecule has 138 valence electrons. The molecule has 0 amide bonds. The fraction of sp³-hybridized carbons (Fsp3) is 0.250. The van der Waals surface area contributed by atoms with Crippen molar-refractivity contribution in [2.45, 2.75) is 32.2 Å². The van der Waals surface area contributed by atoms with Crippen molar-refractivity contribution in [1.29, 1.82) is 0 Å². The van der Waals surface area contributed by atoms with E-state index in [4.69, 9.17) is 16.0 Å². The fourth-order valence-corrected chi connectivity index (χ4v) is 4.32. The largest absolute Gasteiger partial charge is 0.421 e. The third-order valence-electron chi connectivity index (χ3n) is 3.78. The van der Waals surface area contributed by atoms with Gasteiger partial charge in [-0.1, -0.05) is 17.7 Å². The predicted molar refractivity (Wildman–Crippen MR) is 93.7 cm³/mol. The molecule has 26 heavy (non-hydrogen) atoms. The molecule has 3 rings (SSSR count). The Morgan fingerprint density at radius 2 is 1.96 bits per heavy atom. The highest BCUT2D eigenvalue weighted by molar-refractivity contribution is 7.89. The molecule has 7 nitrogen and oxygen atoms in total. The summed E-state index contributed by atoms with van der Waals surface area (Å²) in [6, 6.07) is 4.02. The number of nitrogens with zero attached hydrogens (tertiary/aromatic N) is 2. The summed E-state index contributed by atoms with van der Waals surface area (Å²) in [4.78, 5) is 3.02. The van der Waals surface area contributed by atoms with Crippen molar-refractivity contribution < 1.29 is 17.2 Å². The lowest BCUT2D eigenvalue weighted by Crippen LogP contribution is -2.24. The summed E-state index contributed by atoms with van der Waals surface area (Å²) in [5, 5.41) is 7.60. The number of rotatable bonds is 5. The summed E-state index contributed by atoms with van der Waals surface area (Å²) in [6.45, 7) is 4.94. The van der Waals surface area contributed by atoms with Crippen LogP contribution in [0.5, 0.6) is 0 Å². The number of H-pyrrole nitrogens is 1. The van der Waals surface area contributed by atoms with Gasteiger partial charge < -0.3 is 9.40 Å². The predicted octanol–water partition coefficient (Wildman–Crippen LogP) is 3.26. The molecule has 2 heterocycles. The number of benzene rings is 1. The van der Waals surface area contributed by atoms with E-state index in [2.05, 4.69) is 19.9 Å². The van der Waals surface area contributed by atoms with Gasteiger partial charge in [-0.15, -0.1) is 10.2 Å². The van der Waals surface area contributed by atoms with Gasteiger partial charge in [0.05, 0.1) is 10.6 Å². The van der Waals surface area contributed by atoms with E-state index in [1.165, 1.54) is 18.2 Å². The van der Waals surface area contributed by atoms with Crippen LogP contribution in [-0.2, 0) is 16.6 Å². The number of halogens is 2. The van der Waals surface area contributed by atoms with Crippen LogP contribution in [0.2, 0.25) is 5.02 Å². The van der Waals surface area contributed by atoms with Crippen LogP contribution >= 0.6 is 11.6 Å². The minimum absolute atomic E-state index is 0.0341. The van der Waals surface area contributed by atoms with Gasteiger partial charge in [0.25, 0.3) is 5.89 Å². The quantitative estimate of drug-likeness (QED) is 0.687. The van der Waals surface area contributed by atoms with Crippen LogP contribution in [0.3, 0.4) is 0 Å². The standard InChI is InChI=1S/C16H16ClFN4O3S/c1-8-14(16-22-21-10(3)25-16)15(9(2)20-8)26(23,24)19-7-11-4-5-13(18)12(17)6-11/h4-6,19-20H,7H2,1-3H3. The molecule has 0 atom stereocenters. The van der Waals surface area contributed by atoms with Crippen LogP contribution in [0.15, 0.2) is 27.5 Å². The van der Waals surface area contributed by atoms with Crippen molar-refractivity contribution in [1.82, 2.24) is 19.9 Å². The van der Waals surface area contributed by atoms with E-state index < -0.39 is 15.8 Å². The third-order valence-corrected chi connectivity index (χ3v) is 5.64. The molecule has 3 aromatic rings. The molecule has 0 saturated heterocycles. The number of nitrogens with one attached hydrogen (secondary N) is 2. The molecule has 0 spiro atoms. The maximum absolute atomic E-state index is 13.2. The molecule has 0 unspecified atom stereocenters. The average Bonchev–Trinajstić information content (AvgIpc) is 3.11. The Kier molecular flexibility index (Phi) is 4.87. The lowest BCUT2D eigenvalue weighted by Gasteiger charge is -2.09. The van der Waals surface area contributed by atoms with Crippen molar-refractivity contribution >= 4 is 21.6 Å². The Morgan fingerprint density at radius 1 is 1.23 bits per heavy atom. The first-order valence-corrected chi connectivity index (χ1v) is 9.48. The minimum atomic E-state index is -3.91. The van der Waals surface area contributed by atoms with E-state index >= 15 is 0 Å². The van der Waals surface area contributed by atoms with Gasteiger partial charge in [-0.3, -0.25) is 0 Å². The van der Waals surface area contributed by atoms with E-state index in [0.717, 1.165) is 0 Å². The molecule has 1 aromatic carbocycles. The maximum atomic E-state index is 13.2. The highest BCUT2D eigenvalue weighted by Gasteiger charge is 2.28. The zero-order valence-electron chi connectivity index (χ0n) is 14.2. The topological polar surface area (TPSA) is 101 Å². The van der Waals surface area contributed by atoms with E-state index in [1.807, 2.05) is 0 Å². The summed E-state index contributed by atoms with van der Waals surface area (Å²) in [5.41, 5.74) is 1.89. The second-order valence-electron chi connectivity index (χ2n) is 5.78. The first-order chi connectivity index (χ1) is 12.2. The van der Waals surface area contributed by atoms with E-state index in [-0.39, 0.29) is 22.4 Å². The van der Waals surface area contributed by atoms with Crippen molar-refractivity contribution in [3.05, 3.63) is 51.9 Å². The number of hydrogen-bond donors (Lipinski definition) is 2. The van der Waals surface area contributed by atoms with Crippen molar-refractivity contribution in [2.24, 2.45) is 0 Å². The van der Waals surface area contributed by atoms with Gasteiger partial charge in [-0.05, 0) is 31.5 Å². The molecule has 0 aliphatic carbocycles. The normalized spacial score (nSPS) is 11.9. The Morgan fingerprint density at radius 3 is 2.58 bits per heavy atom. The molecule has 0 aliphatic rings. The highest BCUT2D eigenvalue weighted by Crippen LogP contribution is 2.32. The van der Waals surface area contributed by atoms with E-state index in [1.54, 1.807) is 20.8 Å². The van der Waals surface area contributed by atoms with Gasteiger partial charge in [0, 0.05) is 24.9 Å². The second-order valence-corrected chi connectivity index (χ2v) is 7.89. The Hall–Kier alpha value is -2.23. The van der Waals surface area contributed by atoms with E-state index in [9.17, 15) is 12.8 Å². The Bertz CT molecular complexity index is 1080. The summed E-state index contributed by atoms with van der Waals surface area (Å²) in [5.74, 6) is -0.116. The van der Waals surface area contributed by atoms with Crippen LogP contribution in [0, 0.1) is 26.6 Å². The zero-order chi connectivity index (χ0) is 19.1. The molecular formula is C16H16ClFN4O3S. The number of sulfonamides is 1. The monoisotopic (exact) mass is 398 g/mol. The van der Waals surface area contributed by atoms with Gasteiger partial charge in [-0.2, -0.15) is 0 Å². The number of aromatic nitrogens is 3. The average molecular weight is 399 g/mol. The molecular weight excluding hydrogens is 383 g/mol. The number of aromatic amines is 1. The minimum Gasteiger partial charge on any atom is -0.421 e. The molecule has 10 heteroatoms. The lowest BCUT2D eigenvalue weighted by atomic mass is 10.2. The molecule has 2 aromatic heterocycles. The third kappa shape index (κ3) is 3.50. The summed E-state index contributed by atoms with van der Waals surface area (Å²) < 4.78 is 46.9. The van der Waals surface area contributed by atoms with Crippen molar-refractivity contribution in [3.8, 4) is 11.5 Å². The Balaban J connectivity index is 1.95. The van der Waals surface area contributed by atoms with Crippen LogP contribution < -0.4 is 4.72 Å². The van der Waals surface area contributed by atoms with Crippen LogP contribution in [0.1, 0.15) is 22.8 Å². The van der Waals surface area contributed by atoms with E-state index in [0.29, 0.717) is 28.4 Å². The molecule has 0 bridgehead atoms. The molecule has 0 fully saturated rings. The maximum Gasteiger partial charge on any atom is 0.250 e. The van der Waals surface area contributed by atoms with Crippen LogP contribution in [-0.4, -0.2) is 23.6 Å². The second kappa shape index (κ2) is 6.82. The Labute approximate surface area is 154 Å². The SMILES string of the molecule is Cc1nnc(-c2c(C)[nH]c(C)c2S(=O)(=O)NCc2ccc(F)c(Cl)c2)o1.